The first-order valence-corrected chi connectivity index (χ1v) is 8.86. The van der Waals surface area contributed by atoms with Gasteiger partial charge in [0.1, 0.15) is 21.7 Å². The molecule has 0 unspecified atom stereocenters. The molecule has 2 aromatic carbocycles. The molecule has 0 radical (unpaired) electrons. The maximum absolute atomic E-state index is 11.7. The average Bonchev–Trinajstić information content (AvgIpc) is 2.58. The number of benzene rings is 2. The van der Waals surface area contributed by atoms with E-state index in [4.69, 9.17) is 16.3 Å². The zero-order chi connectivity index (χ0) is 18.6. The molecule has 6 nitrogen and oxygen atoms in total. The standard InChI is InChI=1S/C16H13Br2ClN2O4/c1-8-4-10(2-3-12(8)19)25-7-13(22)21-20-6-9-5-11(17)16(24)14(18)15(9)23/h2-6,23-24H,7H2,1H3,(H,21,22)/b20-6+. The Bertz CT molecular complexity index is 843. The Morgan fingerprint density at radius 3 is 2.72 bits per heavy atom. The molecule has 3 N–H and O–H groups in total. The van der Waals surface area contributed by atoms with Crippen molar-refractivity contribution in [2.45, 2.75) is 6.92 Å². The zero-order valence-corrected chi connectivity index (χ0v) is 16.8. The van der Waals surface area contributed by atoms with Gasteiger partial charge in [-0.15, -0.1) is 0 Å². The summed E-state index contributed by atoms with van der Waals surface area (Å²) < 4.78 is 5.83. The number of nitrogens with zero attached hydrogens (tertiary/aromatic N) is 1. The van der Waals surface area contributed by atoms with Gasteiger partial charge in [0.25, 0.3) is 5.91 Å². The lowest BCUT2D eigenvalue weighted by Gasteiger charge is -2.07. The number of phenolic OH excluding ortho intramolecular Hbond substituents is 2. The van der Waals surface area contributed by atoms with Gasteiger partial charge in [-0.2, -0.15) is 5.10 Å². The van der Waals surface area contributed by atoms with Gasteiger partial charge >= 0.3 is 0 Å². The Balaban J connectivity index is 1.93. The number of hydrazone groups is 1. The van der Waals surface area contributed by atoms with Crippen molar-refractivity contribution >= 4 is 55.6 Å². The SMILES string of the molecule is Cc1cc(OCC(=O)N/N=C/c2cc(Br)c(O)c(Br)c2O)ccc1Cl. The number of aromatic hydroxyl groups is 2. The molecule has 2 rings (SSSR count). The summed E-state index contributed by atoms with van der Waals surface area (Å²) in [4.78, 5) is 11.7. The summed E-state index contributed by atoms with van der Waals surface area (Å²) in [7, 11) is 0. The van der Waals surface area contributed by atoms with E-state index in [1.54, 1.807) is 18.2 Å². The van der Waals surface area contributed by atoms with Crippen molar-refractivity contribution in [3.05, 3.63) is 49.4 Å². The third-order valence-corrected chi connectivity index (χ3v) is 4.87. The summed E-state index contributed by atoms with van der Waals surface area (Å²) in [5.41, 5.74) is 3.42. The third kappa shape index (κ3) is 5.10. The van der Waals surface area contributed by atoms with Crippen LogP contribution in [0.1, 0.15) is 11.1 Å². The number of amides is 1. The lowest BCUT2D eigenvalue weighted by molar-refractivity contribution is -0.123. The Hall–Kier alpha value is -1.77. The molecule has 9 heteroatoms. The zero-order valence-electron chi connectivity index (χ0n) is 12.9. The van der Waals surface area contributed by atoms with Gasteiger partial charge in [0.15, 0.2) is 6.61 Å². The van der Waals surface area contributed by atoms with Crippen molar-refractivity contribution < 1.29 is 19.7 Å². The molecule has 132 valence electrons. The second-order valence-corrected chi connectivity index (χ2v) is 7.01. The van der Waals surface area contributed by atoms with Gasteiger partial charge in [0.05, 0.1) is 10.7 Å². The molecule has 0 bridgehead atoms. The monoisotopic (exact) mass is 490 g/mol. The number of rotatable bonds is 5. The number of halogens is 3. The molecule has 1 amide bonds. The van der Waals surface area contributed by atoms with E-state index in [0.717, 1.165) is 5.56 Å². The minimum absolute atomic E-state index is 0.121. The van der Waals surface area contributed by atoms with E-state index in [1.807, 2.05) is 6.92 Å². The van der Waals surface area contributed by atoms with E-state index in [1.165, 1.54) is 12.3 Å². The normalized spacial score (nSPS) is 10.9. The van der Waals surface area contributed by atoms with Gasteiger partial charge in [-0.1, -0.05) is 11.6 Å². The van der Waals surface area contributed by atoms with E-state index in [9.17, 15) is 15.0 Å². The van der Waals surface area contributed by atoms with Gasteiger partial charge in [-0.3, -0.25) is 4.79 Å². The maximum atomic E-state index is 11.7. The smallest absolute Gasteiger partial charge is 0.277 e. The topological polar surface area (TPSA) is 91.2 Å². The number of aryl methyl sites for hydroxylation is 1. The second-order valence-electron chi connectivity index (χ2n) is 4.95. The molecule has 0 heterocycles. The number of phenols is 2. The fraction of sp³-hybridized carbons (Fsp3) is 0.125. The molecule has 0 saturated heterocycles. The van der Waals surface area contributed by atoms with Crippen LogP contribution in [-0.2, 0) is 4.79 Å². The fourth-order valence-corrected chi connectivity index (χ4v) is 3.05. The van der Waals surface area contributed by atoms with Crippen LogP contribution in [0.15, 0.2) is 38.3 Å². The van der Waals surface area contributed by atoms with Crippen LogP contribution in [0, 0.1) is 6.92 Å². The highest BCUT2D eigenvalue weighted by atomic mass is 79.9. The maximum Gasteiger partial charge on any atom is 0.277 e. The molecular formula is C16H13Br2ClN2O4. The quantitative estimate of drug-likeness (QED) is 0.433. The van der Waals surface area contributed by atoms with Crippen LogP contribution >= 0.6 is 43.5 Å². The summed E-state index contributed by atoms with van der Waals surface area (Å²) in [6.45, 7) is 1.60. The number of nitrogens with one attached hydrogen (secondary N) is 1. The van der Waals surface area contributed by atoms with E-state index >= 15 is 0 Å². The fourth-order valence-electron chi connectivity index (χ4n) is 1.78. The lowest BCUT2D eigenvalue weighted by Crippen LogP contribution is -2.24. The Morgan fingerprint density at radius 2 is 2.04 bits per heavy atom. The average molecular weight is 493 g/mol. The third-order valence-electron chi connectivity index (χ3n) is 3.09. The second kappa shape index (κ2) is 8.55. The minimum atomic E-state index is -0.472. The predicted octanol–water partition coefficient (Wildman–Crippen LogP) is 4.11. The van der Waals surface area contributed by atoms with E-state index < -0.39 is 5.91 Å². The molecule has 0 fully saturated rings. The molecule has 25 heavy (non-hydrogen) atoms. The van der Waals surface area contributed by atoms with Crippen LogP contribution < -0.4 is 10.2 Å². The van der Waals surface area contributed by atoms with E-state index in [-0.39, 0.29) is 22.6 Å². The van der Waals surface area contributed by atoms with Crippen LogP contribution in [0.5, 0.6) is 17.2 Å². The molecular weight excluding hydrogens is 479 g/mol. The Labute approximate surface area is 165 Å². The largest absolute Gasteiger partial charge is 0.506 e. The summed E-state index contributed by atoms with van der Waals surface area (Å²) >= 11 is 12.1. The summed E-state index contributed by atoms with van der Waals surface area (Å²) in [5.74, 6) is -0.290. The van der Waals surface area contributed by atoms with Crippen LogP contribution in [0.25, 0.3) is 0 Å². The van der Waals surface area contributed by atoms with Crippen molar-refractivity contribution in [1.82, 2.24) is 5.43 Å². The molecule has 0 saturated carbocycles. The first-order valence-electron chi connectivity index (χ1n) is 6.90. The van der Waals surface area contributed by atoms with Crippen molar-refractivity contribution in [2.75, 3.05) is 6.61 Å². The first-order chi connectivity index (χ1) is 11.8. The number of carbonyl (C=O) groups excluding carboxylic acids is 1. The molecule has 0 aliphatic carbocycles. The predicted molar refractivity (Wildman–Crippen MR) is 103 cm³/mol. The van der Waals surface area contributed by atoms with Crippen LogP contribution in [0.4, 0.5) is 0 Å². The molecule has 0 atom stereocenters. The Kier molecular flexibility index (Phi) is 6.69. The van der Waals surface area contributed by atoms with Crippen LogP contribution in [-0.4, -0.2) is 28.9 Å². The van der Waals surface area contributed by atoms with Gasteiger partial charge < -0.3 is 14.9 Å². The first kappa shape index (κ1) is 19.6. The minimum Gasteiger partial charge on any atom is -0.506 e. The van der Waals surface area contributed by atoms with Crippen LogP contribution in [0.2, 0.25) is 5.02 Å². The van der Waals surface area contributed by atoms with Crippen LogP contribution in [0.3, 0.4) is 0 Å². The lowest BCUT2D eigenvalue weighted by atomic mass is 10.2. The van der Waals surface area contributed by atoms with Crippen molar-refractivity contribution in [1.29, 1.82) is 0 Å². The van der Waals surface area contributed by atoms with E-state index in [0.29, 0.717) is 20.8 Å². The highest BCUT2D eigenvalue weighted by molar-refractivity contribution is 9.11. The number of hydrogen-bond acceptors (Lipinski definition) is 5. The van der Waals surface area contributed by atoms with Crippen molar-refractivity contribution in [2.24, 2.45) is 5.10 Å². The van der Waals surface area contributed by atoms with E-state index in [2.05, 4.69) is 42.4 Å². The van der Waals surface area contributed by atoms with Gasteiger partial charge in [-0.05, 0) is 68.6 Å². The molecule has 0 aromatic heterocycles. The highest BCUT2D eigenvalue weighted by Crippen LogP contribution is 2.40. The number of ether oxygens (including phenoxy) is 1. The van der Waals surface area contributed by atoms with Crippen molar-refractivity contribution in [3.63, 3.8) is 0 Å². The number of hydrogen-bond donors (Lipinski definition) is 3. The summed E-state index contributed by atoms with van der Waals surface area (Å²) in [5, 5.41) is 23.9. The highest BCUT2D eigenvalue weighted by Gasteiger charge is 2.12. The molecule has 0 spiro atoms. The molecule has 2 aromatic rings. The Morgan fingerprint density at radius 1 is 1.32 bits per heavy atom. The van der Waals surface area contributed by atoms with Gasteiger partial charge in [-0.25, -0.2) is 5.43 Å². The van der Waals surface area contributed by atoms with Crippen molar-refractivity contribution in [3.8, 4) is 17.2 Å². The van der Waals surface area contributed by atoms with Gasteiger partial charge in [0.2, 0.25) is 0 Å². The van der Waals surface area contributed by atoms with Gasteiger partial charge in [0, 0.05) is 10.6 Å². The molecule has 0 aliphatic heterocycles. The number of carbonyl (C=O) groups is 1. The molecule has 0 aliphatic rings. The summed E-state index contributed by atoms with van der Waals surface area (Å²) in [6.07, 6.45) is 1.24. The summed E-state index contributed by atoms with van der Waals surface area (Å²) in [6, 6.07) is 6.53.